The van der Waals surface area contributed by atoms with Crippen LogP contribution in [-0.2, 0) is 0 Å². The number of nitro benzene ring substituents is 1. The Hall–Kier alpha value is -2.14. The Kier molecular flexibility index (Phi) is 4.20. The van der Waals surface area contributed by atoms with Gasteiger partial charge in [-0.05, 0) is 32.5 Å². The lowest BCUT2D eigenvalue weighted by Gasteiger charge is -2.09. The molecule has 0 saturated carbocycles. The maximum atomic E-state index is 11.0. The van der Waals surface area contributed by atoms with E-state index in [1.807, 2.05) is 32.0 Å². The van der Waals surface area contributed by atoms with E-state index in [0.29, 0.717) is 11.3 Å². The summed E-state index contributed by atoms with van der Waals surface area (Å²) in [7, 11) is 0. The van der Waals surface area contributed by atoms with E-state index in [2.05, 4.69) is 5.32 Å². The molecule has 0 aliphatic carbocycles. The van der Waals surface area contributed by atoms with E-state index >= 15 is 0 Å². The largest absolute Gasteiger partial charge is 0.459 e. The highest BCUT2D eigenvalue weighted by Crippen LogP contribution is 2.32. The average Bonchev–Trinajstić information content (AvgIpc) is 2.88. The molecule has 0 amide bonds. The SMILES string of the molecule is CCNC(C)c1ccc(-c2cccc([N+](=O)[O-])c2C)o1. The third-order valence-electron chi connectivity index (χ3n) is 3.33. The molecular formula is C15H18N2O3. The summed E-state index contributed by atoms with van der Waals surface area (Å²) in [4.78, 5) is 10.6. The van der Waals surface area contributed by atoms with E-state index in [9.17, 15) is 10.1 Å². The van der Waals surface area contributed by atoms with Gasteiger partial charge < -0.3 is 9.73 Å². The molecule has 1 N–H and O–H groups in total. The first-order valence-electron chi connectivity index (χ1n) is 6.62. The second kappa shape index (κ2) is 5.88. The van der Waals surface area contributed by atoms with Crippen LogP contribution in [0.15, 0.2) is 34.7 Å². The van der Waals surface area contributed by atoms with E-state index in [1.54, 1.807) is 13.0 Å². The van der Waals surface area contributed by atoms with E-state index in [-0.39, 0.29) is 16.7 Å². The molecule has 106 valence electrons. The van der Waals surface area contributed by atoms with Gasteiger partial charge in [-0.3, -0.25) is 10.1 Å². The number of hydrogen-bond acceptors (Lipinski definition) is 4. The van der Waals surface area contributed by atoms with Crippen LogP contribution in [0, 0.1) is 17.0 Å². The third-order valence-corrected chi connectivity index (χ3v) is 3.33. The van der Waals surface area contributed by atoms with Crippen molar-refractivity contribution in [3.05, 3.63) is 51.8 Å². The highest BCUT2D eigenvalue weighted by Gasteiger charge is 2.17. The molecule has 1 atom stereocenters. The first-order chi connectivity index (χ1) is 9.54. The van der Waals surface area contributed by atoms with Gasteiger partial charge in [0.1, 0.15) is 11.5 Å². The summed E-state index contributed by atoms with van der Waals surface area (Å²) in [5.74, 6) is 1.48. The number of nitro groups is 1. The van der Waals surface area contributed by atoms with Gasteiger partial charge in [-0.25, -0.2) is 0 Å². The smallest absolute Gasteiger partial charge is 0.273 e. The summed E-state index contributed by atoms with van der Waals surface area (Å²) in [5, 5.41) is 14.2. The Morgan fingerprint density at radius 3 is 2.75 bits per heavy atom. The van der Waals surface area contributed by atoms with Crippen LogP contribution in [-0.4, -0.2) is 11.5 Å². The molecule has 20 heavy (non-hydrogen) atoms. The van der Waals surface area contributed by atoms with Gasteiger partial charge in [-0.1, -0.05) is 19.1 Å². The van der Waals surface area contributed by atoms with Crippen molar-refractivity contribution in [2.24, 2.45) is 0 Å². The molecule has 1 unspecified atom stereocenters. The molecule has 0 radical (unpaired) electrons. The number of nitrogens with zero attached hydrogens (tertiary/aromatic N) is 1. The van der Waals surface area contributed by atoms with E-state index in [1.165, 1.54) is 6.07 Å². The molecule has 1 aromatic heterocycles. The van der Waals surface area contributed by atoms with E-state index < -0.39 is 0 Å². The molecule has 2 aromatic rings. The Labute approximate surface area is 117 Å². The van der Waals surface area contributed by atoms with Crippen LogP contribution in [0.5, 0.6) is 0 Å². The average molecular weight is 274 g/mol. The standard InChI is InChI=1S/C15H18N2O3/c1-4-16-11(3)14-8-9-15(20-14)12-6-5-7-13(10(12)2)17(18)19/h5-9,11,16H,4H2,1-3H3. The second-order valence-corrected chi connectivity index (χ2v) is 4.69. The predicted molar refractivity (Wildman–Crippen MR) is 77.6 cm³/mol. The highest BCUT2D eigenvalue weighted by atomic mass is 16.6. The minimum atomic E-state index is -0.371. The normalized spacial score (nSPS) is 12.3. The fraction of sp³-hybridized carbons (Fsp3) is 0.333. The van der Waals surface area contributed by atoms with Gasteiger partial charge in [0.2, 0.25) is 0 Å². The second-order valence-electron chi connectivity index (χ2n) is 4.69. The quantitative estimate of drug-likeness (QED) is 0.664. The van der Waals surface area contributed by atoms with E-state index in [4.69, 9.17) is 4.42 Å². The fourth-order valence-electron chi connectivity index (χ4n) is 2.23. The molecule has 1 aromatic carbocycles. The fourth-order valence-corrected chi connectivity index (χ4v) is 2.23. The Morgan fingerprint density at radius 1 is 1.35 bits per heavy atom. The highest BCUT2D eigenvalue weighted by molar-refractivity contribution is 5.67. The molecular weight excluding hydrogens is 256 g/mol. The predicted octanol–water partition coefficient (Wildman–Crippen LogP) is 3.83. The Morgan fingerprint density at radius 2 is 2.10 bits per heavy atom. The maximum Gasteiger partial charge on any atom is 0.273 e. The lowest BCUT2D eigenvalue weighted by molar-refractivity contribution is -0.385. The monoisotopic (exact) mass is 274 g/mol. The minimum absolute atomic E-state index is 0.111. The van der Waals surface area contributed by atoms with Gasteiger partial charge >= 0.3 is 0 Å². The zero-order chi connectivity index (χ0) is 14.7. The molecule has 0 aliphatic heterocycles. The summed E-state index contributed by atoms with van der Waals surface area (Å²) in [5.41, 5.74) is 1.49. The zero-order valence-electron chi connectivity index (χ0n) is 11.8. The van der Waals surface area contributed by atoms with Crippen molar-refractivity contribution in [3.63, 3.8) is 0 Å². The molecule has 0 aliphatic rings. The van der Waals surface area contributed by atoms with Gasteiger partial charge in [0, 0.05) is 17.2 Å². The maximum absolute atomic E-state index is 11.0. The van der Waals surface area contributed by atoms with Gasteiger partial charge in [-0.15, -0.1) is 0 Å². The lowest BCUT2D eigenvalue weighted by atomic mass is 10.1. The topological polar surface area (TPSA) is 68.3 Å². The van der Waals surface area contributed by atoms with Crippen LogP contribution < -0.4 is 5.32 Å². The van der Waals surface area contributed by atoms with Crippen molar-refractivity contribution in [2.75, 3.05) is 6.54 Å². The van der Waals surface area contributed by atoms with Gasteiger partial charge in [-0.2, -0.15) is 0 Å². The molecule has 5 nitrogen and oxygen atoms in total. The van der Waals surface area contributed by atoms with Crippen LogP contribution in [0.2, 0.25) is 0 Å². The van der Waals surface area contributed by atoms with Crippen LogP contribution in [0.3, 0.4) is 0 Å². The summed E-state index contributed by atoms with van der Waals surface area (Å²) in [6, 6.07) is 8.90. The summed E-state index contributed by atoms with van der Waals surface area (Å²) < 4.78 is 5.81. The summed E-state index contributed by atoms with van der Waals surface area (Å²) in [6.07, 6.45) is 0. The van der Waals surface area contributed by atoms with Crippen molar-refractivity contribution >= 4 is 5.69 Å². The summed E-state index contributed by atoms with van der Waals surface area (Å²) in [6.45, 7) is 6.65. The van der Waals surface area contributed by atoms with E-state index in [0.717, 1.165) is 17.9 Å². The molecule has 0 spiro atoms. The molecule has 1 heterocycles. The van der Waals surface area contributed by atoms with Crippen LogP contribution in [0.25, 0.3) is 11.3 Å². The Balaban J connectivity index is 2.38. The molecule has 0 fully saturated rings. The van der Waals surface area contributed by atoms with Gasteiger partial charge in [0.15, 0.2) is 0 Å². The number of nitrogens with one attached hydrogen (secondary N) is 1. The molecule has 2 rings (SSSR count). The number of benzene rings is 1. The lowest BCUT2D eigenvalue weighted by Crippen LogP contribution is -2.16. The zero-order valence-corrected chi connectivity index (χ0v) is 11.8. The first kappa shape index (κ1) is 14.3. The van der Waals surface area contributed by atoms with Crippen LogP contribution in [0.4, 0.5) is 5.69 Å². The van der Waals surface area contributed by atoms with Gasteiger partial charge in [0.25, 0.3) is 5.69 Å². The van der Waals surface area contributed by atoms with Crippen molar-refractivity contribution in [3.8, 4) is 11.3 Å². The first-order valence-corrected chi connectivity index (χ1v) is 6.62. The van der Waals surface area contributed by atoms with Crippen molar-refractivity contribution in [1.29, 1.82) is 0 Å². The number of rotatable bonds is 5. The number of furan rings is 1. The number of hydrogen-bond donors (Lipinski definition) is 1. The van der Waals surface area contributed by atoms with Crippen molar-refractivity contribution in [1.82, 2.24) is 5.32 Å². The Bertz CT molecular complexity index is 619. The van der Waals surface area contributed by atoms with Crippen molar-refractivity contribution < 1.29 is 9.34 Å². The van der Waals surface area contributed by atoms with Gasteiger partial charge in [0.05, 0.1) is 11.0 Å². The van der Waals surface area contributed by atoms with Crippen molar-refractivity contribution in [2.45, 2.75) is 26.8 Å². The minimum Gasteiger partial charge on any atom is -0.459 e. The molecule has 0 bridgehead atoms. The van der Waals surface area contributed by atoms with Crippen LogP contribution >= 0.6 is 0 Å². The summed E-state index contributed by atoms with van der Waals surface area (Å²) >= 11 is 0. The molecule has 0 saturated heterocycles. The van der Waals surface area contributed by atoms with Crippen LogP contribution in [0.1, 0.15) is 31.2 Å². The molecule has 5 heteroatoms. The third kappa shape index (κ3) is 2.72.